The van der Waals surface area contributed by atoms with Crippen molar-refractivity contribution in [3.63, 3.8) is 0 Å². The summed E-state index contributed by atoms with van der Waals surface area (Å²) >= 11 is 0. The van der Waals surface area contributed by atoms with E-state index in [1.165, 1.54) is 57.8 Å². The topological polar surface area (TPSA) is 78.9 Å². The molecule has 0 saturated carbocycles. The molecule has 0 aromatic heterocycles. The molecule has 0 radical (unpaired) electrons. The van der Waals surface area contributed by atoms with E-state index in [0.717, 1.165) is 116 Å². The summed E-state index contributed by atoms with van der Waals surface area (Å²) in [6, 6.07) is 0. The van der Waals surface area contributed by atoms with E-state index >= 15 is 0 Å². The molecule has 6 nitrogen and oxygen atoms in total. The van der Waals surface area contributed by atoms with E-state index in [0.29, 0.717) is 19.3 Å². The van der Waals surface area contributed by atoms with Gasteiger partial charge >= 0.3 is 17.9 Å². The van der Waals surface area contributed by atoms with Crippen LogP contribution in [0.1, 0.15) is 220 Å². The Bertz CT molecular complexity index is 1260. The monoisotopic (exact) mass is 861 g/mol. The molecule has 1 atom stereocenters. The average molecular weight is 861 g/mol. The highest BCUT2D eigenvalue weighted by Gasteiger charge is 2.19. The molecular weight excluding hydrogens is 769 g/mol. The van der Waals surface area contributed by atoms with Gasteiger partial charge < -0.3 is 14.2 Å². The third-order valence-corrected chi connectivity index (χ3v) is 10.3. The summed E-state index contributed by atoms with van der Waals surface area (Å²) in [6.45, 7) is 6.34. The number of hydrogen-bond donors (Lipinski definition) is 0. The molecule has 0 aliphatic heterocycles. The molecule has 0 spiro atoms. The zero-order valence-electron chi connectivity index (χ0n) is 40.1. The maximum atomic E-state index is 12.8. The van der Waals surface area contributed by atoms with Crippen LogP contribution in [0.2, 0.25) is 0 Å². The van der Waals surface area contributed by atoms with E-state index in [1.54, 1.807) is 0 Å². The number of esters is 3. The first kappa shape index (κ1) is 58.3. The molecule has 0 rings (SSSR count). The quantitative estimate of drug-likeness (QED) is 0.0263. The van der Waals surface area contributed by atoms with Crippen molar-refractivity contribution >= 4 is 17.9 Å². The fraction of sp³-hybridized carbons (Fsp3) is 0.661. The SMILES string of the molecule is CC/C=C\C/C=C\C/C=C\C/C=C\CCCCCCCCC(=O)OCC(COC(=O)CCCCCCCCCCCC)OC(=O)CCCC/C=C\C/C=C\C/C=C\C/C=C\CC. The molecular formula is C56H92O6. The van der Waals surface area contributed by atoms with Crippen LogP contribution in [0.4, 0.5) is 0 Å². The third kappa shape index (κ3) is 47.4. The second-order valence-corrected chi connectivity index (χ2v) is 16.3. The van der Waals surface area contributed by atoms with Crippen molar-refractivity contribution in [2.24, 2.45) is 0 Å². The number of rotatable bonds is 44. The molecule has 0 aliphatic rings. The van der Waals surface area contributed by atoms with Crippen molar-refractivity contribution in [1.29, 1.82) is 0 Å². The number of carbonyl (C=O) groups excluding carboxylic acids is 3. The fourth-order valence-electron chi connectivity index (χ4n) is 6.60. The zero-order chi connectivity index (χ0) is 45.1. The lowest BCUT2D eigenvalue weighted by molar-refractivity contribution is -0.167. The lowest BCUT2D eigenvalue weighted by Crippen LogP contribution is -2.30. The van der Waals surface area contributed by atoms with Crippen molar-refractivity contribution in [2.45, 2.75) is 226 Å². The second kappa shape index (κ2) is 50.0. The first-order valence-corrected chi connectivity index (χ1v) is 25.2. The third-order valence-electron chi connectivity index (χ3n) is 10.3. The summed E-state index contributed by atoms with van der Waals surface area (Å²) < 4.78 is 16.7. The van der Waals surface area contributed by atoms with Crippen molar-refractivity contribution in [3.05, 3.63) is 97.2 Å². The van der Waals surface area contributed by atoms with Crippen LogP contribution < -0.4 is 0 Å². The zero-order valence-corrected chi connectivity index (χ0v) is 40.1. The Morgan fingerprint density at radius 2 is 0.629 bits per heavy atom. The van der Waals surface area contributed by atoms with E-state index in [1.807, 2.05) is 0 Å². The number of ether oxygens (including phenoxy) is 3. The van der Waals surface area contributed by atoms with Crippen molar-refractivity contribution < 1.29 is 28.6 Å². The molecule has 62 heavy (non-hydrogen) atoms. The normalized spacial score (nSPS) is 12.9. The predicted molar refractivity (Wildman–Crippen MR) is 265 cm³/mol. The molecule has 0 N–H and O–H groups in total. The van der Waals surface area contributed by atoms with Gasteiger partial charge in [-0.15, -0.1) is 0 Å². The number of carbonyl (C=O) groups is 3. The highest BCUT2D eigenvalue weighted by Crippen LogP contribution is 2.13. The van der Waals surface area contributed by atoms with Gasteiger partial charge in [0.05, 0.1) is 0 Å². The molecule has 0 fully saturated rings. The van der Waals surface area contributed by atoms with Gasteiger partial charge in [-0.05, 0) is 96.3 Å². The molecule has 6 heteroatoms. The lowest BCUT2D eigenvalue weighted by atomic mass is 10.1. The van der Waals surface area contributed by atoms with Crippen LogP contribution in [-0.2, 0) is 28.6 Å². The van der Waals surface area contributed by atoms with Crippen molar-refractivity contribution in [2.75, 3.05) is 13.2 Å². The van der Waals surface area contributed by atoms with Gasteiger partial charge in [0.2, 0.25) is 0 Å². The van der Waals surface area contributed by atoms with Crippen LogP contribution in [-0.4, -0.2) is 37.2 Å². The minimum absolute atomic E-state index is 0.0987. The lowest BCUT2D eigenvalue weighted by Gasteiger charge is -2.18. The van der Waals surface area contributed by atoms with E-state index < -0.39 is 6.10 Å². The second-order valence-electron chi connectivity index (χ2n) is 16.3. The van der Waals surface area contributed by atoms with Crippen LogP contribution in [0.5, 0.6) is 0 Å². The Labute approximate surface area is 381 Å². The molecule has 1 unspecified atom stereocenters. The minimum Gasteiger partial charge on any atom is -0.462 e. The van der Waals surface area contributed by atoms with Crippen LogP contribution in [0, 0.1) is 0 Å². The number of unbranched alkanes of at least 4 members (excludes halogenated alkanes) is 17. The molecule has 0 aliphatic carbocycles. The van der Waals surface area contributed by atoms with Crippen molar-refractivity contribution in [1.82, 2.24) is 0 Å². The van der Waals surface area contributed by atoms with Crippen LogP contribution >= 0.6 is 0 Å². The fourth-order valence-corrected chi connectivity index (χ4v) is 6.60. The van der Waals surface area contributed by atoms with Gasteiger partial charge in [0, 0.05) is 19.3 Å². The molecule has 0 aromatic rings. The van der Waals surface area contributed by atoms with Gasteiger partial charge in [-0.3, -0.25) is 14.4 Å². The first-order chi connectivity index (χ1) is 30.5. The van der Waals surface area contributed by atoms with E-state index in [-0.39, 0.29) is 37.5 Å². The first-order valence-electron chi connectivity index (χ1n) is 25.2. The highest BCUT2D eigenvalue weighted by molar-refractivity contribution is 5.71. The van der Waals surface area contributed by atoms with Gasteiger partial charge in [-0.1, -0.05) is 201 Å². The summed E-state index contributed by atoms with van der Waals surface area (Å²) in [7, 11) is 0. The molecule has 0 saturated heterocycles. The van der Waals surface area contributed by atoms with Gasteiger partial charge in [-0.2, -0.15) is 0 Å². The van der Waals surface area contributed by atoms with Gasteiger partial charge in [-0.25, -0.2) is 0 Å². The van der Waals surface area contributed by atoms with Crippen molar-refractivity contribution in [3.8, 4) is 0 Å². The Hall–Kier alpha value is -3.67. The Kier molecular flexibility index (Phi) is 47.0. The predicted octanol–water partition coefficient (Wildman–Crippen LogP) is 16.6. The summed E-state index contributed by atoms with van der Waals surface area (Å²) in [4.78, 5) is 37.9. The summed E-state index contributed by atoms with van der Waals surface area (Å²) in [5, 5.41) is 0. The largest absolute Gasteiger partial charge is 0.462 e. The maximum absolute atomic E-state index is 12.8. The Morgan fingerprint density at radius 1 is 0.339 bits per heavy atom. The molecule has 0 aromatic carbocycles. The minimum atomic E-state index is -0.803. The van der Waals surface area contributed by atoms with Gasteiger partial charge in [0.1, 0.15) is 13.2 Å². The standard InChI is InChI=1S/C56H92O6/c1-4-7-10-13-16-19-22-24-26-27-28-29-31-32-34-37-40-43-46-49-55(58)61-52-53(51-60-54(57)48-45-42-39-36-21-18-15-12-9-6-3)62-56(59)50-47-44-41-38-35-33-30-25-23-20-17-14-11-8-5-2/h7-8,10-11,16-17,19-20,24-26,28-30,35,38,53H,4-6,9,12-15,18,21-23,27,31-34,36-37,39-52H2,1-3H3/b10-7-,11-8-,19-16-,20-17-,26-24-,29-28-,30-25-,38-35-. The van der Waals surface area contributed by atoms with Crippen LogP contribution in [0.3, 0.4) is 0 Å². The Balaban J connectivity index is 4.44. The van der Waals surface area contributed by atoms with Crippen LogP contribution in [0.15, 0.2) is 97.2 Å². The number of allylic oxidation sites excluding steroid dienone is 16. The smallest absolute Gasteiger partial charge is 0.306 e. The summed E-state index contributed by atoms with van der Waals surface area (Å²) in [5.41, 5.74) is 0. The average Bonchev–Trinajstić information content (AvgIpc) is 3.27. The molecule has 0 amide bonds. The molecule has 0 bridgehead atoms. The molecule has 352 valence electrons. The Morgan fingerprint density at radius 3 is 1.02 bits per heavy atom. The maximum Gasteiger partial charge on any atom is 0.306 e. The number of hydrogen-bond acceptors (Lipinski definition) is 6. The molecule has 0 heterocycles. The van der Waals surface area contributed by atoms with E-state index in [4.69, 9.17) is 14.2 Å². The van der Waals surface area contributed by atoms with E-state index in [9.17, 15) is 14.4 Å². The summed E-state index contributed by atoms with van der Waals surface area (Å²) in [6.07, 6.45) is 65.3. The van der Waals surface area contributed by atoms with Gasteiger partial charge in [0.25, 0.3) is 0 Å². The van der Waals surface area contributed by atoms with E-state index in [2.05, 4.69) is 118 Å². The van der Waals surface area contributed by atoms with Gasteiger partial charge in [0.15, 0.2) is 6.10 Å². The van der Waals surface area contributed by atoms with Crippen LogP contribution in [0.25, 0.3) is 0 Å². The highest BCUT2D eigenvalue weighted by atomic mass is 16.6. The summed E-state index contributed by atoms with van der Waals surface area (Å²) in [5.74, 6) is -0.961.